The van der Waals surface area contributed by atoms with Gasteiger partial charge in [-0.3, -0.25) is 9.69 Å². The lowest BCUT2D eigenvalue weighted by Gasteiger charge is -2.30. The summed E-state index contributed by atoms with van der Waals surface area (Å²) in [6, 6.07) is 14.6. The Labute approximate surface area is 181 Å². The molecule has 28 heavy (non-hydrogen) atoms. The minimum Gasteiger partial charge on any atom is -0.481 e. The van der Waals surface area contributed by atoms with Gasteiger partial charge in [0.15, 0.2) is 0 Å². The standard InChI is InChI=1S/C22H22ClNO2S.ClH/c23-17-7-8-21-20(12-17)19(18-6-2-1-4-16(18)14-27-21)9-11-24-10-3-5-15(13-24)22(25)26;/h1-2,4,6-9,12,15H,3,5,10-11,13-14H2,(H,25,26);1H. The maximum absolute atomic E-state index is 11.4. The van der Waals surface area contributed by atoms with Gasteiger partial charge in [0.1, 0.15) is 0 Å². The van der Waals surface area contributed by atoms with Crippen molar-refractivity contribution < 1.29 is 9.90 Å². The predicted molar refractivity (Wildman–Crippen MR) is 119 cm³/mol. The van der Waals surface area contributed by atoms with Gasteiger partial charge in [-0.2, -0.15) is 0 Å². The number of carboxylic acids is 1. The first kappa shape index (κ1) is 21.3. The molecule has 2 aromatic rings. The maximum Gasteiger partial charge on any atom is 0.307 e. The molecule has 1 saturated heterocycles. The van der Waals surface area contributed by atoms with E-state index < -0.39 is 5.97 Å². The van der Waals surface area contributed by atoms with E-state index in [1.807, 2.05) is 23.9 Å². The summed E-state index contributed by atoms with van der Waals surface area (Å²) in [5.41, 5.74) is 4.94. The van der Waals surface area contributed by atoms with E-state index in [2.05, 4.69) is 41.3 Å². The van der Waals surface area contributed by atoms with Crippen LogP contribution in [0, 0.1) is 5.92 Å². The number of thioether (sulfide) groups is 1. The molecule has 3 nitrogen and oxygen atoms in total. The summed E-state index contributed by atoms with van der Waals surface area (Å²) in [6.45, 7) is 2.33. The fourth-order valence-corrected chi connectivity index (χ4v) is 5.13. The Morgan fingerprint density at radius 3 is 2.89 bits per heavy atom. The summed E-state index contributed by atoms with van der Waals surface area (Å²) in [5, 5.41) is 10.1. The molecule has 6 heteroatoms. The first-order chi connectivity index (χ1) is 13.1. The second kappa shape index (κ2) is 9.36. The summed E-state index contributed by atoms with van der Waals surface area (Å²) in [4.78, 5) is 14.8. The van der Waals surface area contributed by atoms with Gasteiger partial charge in [-0.05, 0) is 59.8 Å². The molecule has 0 radical (unpaired) electrons. The molecule has 4 rings (SSSR count). The molecule has 1 fully saturated rings. The topological polar surface area (TPSA) is 40.5 Å². The van der Waals surface area contributed by atoms with E-state index in [9.17, 15) is 9.90 Å². The third kappa shape index (κ3) is 4.57. The largest absolute Gasteiger partial charge is 0.481 e. The number of hydrogen-bond acceptors (Lipinski definition) is 3. The van der Waals surface area contributed by atoms with E-state index in [0.717, 1.165) is 36.7 Å². The number of hydrogen-bond donors (Lipinski definition) is 1. The minimum absolute atomic E-state index is 0. The zero-order valence-electron chi connectivity index (χ0n) is 15.4. The van der Waals surface area contributed by atoms with Gasteiger partial charge in [0.2, 0.25) is 0 Å². The van der Waals surface area contributed by atoms with Gasteiger partial charge >= 0.3 is 5.97 Å². The second-order valence-corrected chi connectivity index (χ2v) is 8.59. The molecule has 0 aliphatic carbocycles. The van der Waals surface area contributed by atoms with Crippen molar-refractivity contribution in [3.63, 3.8) is 0 Å². The van der Waals surface area contributed by atoms with Gasteiger partial charge in [0.25, 0.3) is 0 Å². The third-order valence-electron chi connectivity index (χ3n) is 5.33. The zero-order valence-corrected chi connectivity index (χ0v) is 17.8. The van der Waals surface area contributed by atoms with Crippen LogP contribution in [0.2, 0.25) is 5.02 Å². The van der Waals surface area contributed by atoms with E-state index in [1.54, 1.807) is 0 Å². The summed E-state index contributed by atoms with van der Waals surface area (Å²) in [6.07, 6.45) is 3.97. The summed E-state index contributed by atoms with van der Waals surface area (Å²) < 4.78 is 0. The number of piperidine rings is 1. The van der Waals surface area contributed by atoms with Crippen LogP contribution in [0.25, 0.3) is 5.57 Å². The van der Waals surface area contributed by atoms with Crippen LogP contribution in [0.1, 0.15) is 29.5 Å². The number of halogens is 2. The van der Waals surface area contributed by atoms with Gasteiger partial charge in [-0.15, -0.1) is 24.2 Å². The molecule has 1 unspecified atom stereocenters. The number of rotatable bonds is 3. The van der Waals surface area contributed by atoms with Crippen molar-refractivity contribution in [1.82, 2.24) is 4.90 Å². The van der Waals surface area contributed by atoms with Crippen LogP contribution in [0.3, 0.4) is 0 Å². The van der Waals surface area contributed by atoms with E-state index in [4.69, 9.17) is 11.6 Å². The lowest BCUT2D eigenvalue weighted by atomic mass is 9.93. The fraction of sp³-hybridized carbons (Fsp3) is 0.318. The van der Waals surface area contributed by atoms with Crippen LogP contribution in [0.4, 0.5) is 0 Å². The van der Waals surface area contributed by atoms with E-state index >= 15 is 0 Å². The molecule has 0 amide bonds. The molecule has 2 aliphatic heterocycles. The van der Waals surface area contributed by atoms with Gasteiger partial charge < -0.3 is 5.11 Å². The molecule has 1 N–H and O–H groups in total. The zero-order chi connectivity index (χ0) is 18.8. The number of carbonyl (C=O) groups is 1. The molecule has 0 aromatic heterocycles. The van der Waals surface area contributed by atoms with Crippen molar-refractivity contribution in [1.29, 1.82) is 0 Å². The van der Waals surface area contributed by atoms with Gasteiger partial charge in [0.05, 0.1) is 5.92 Å². The fourth-order valence-electron chi connectivity index (χ4n) is 3.91. The Morgan fingerprint density at radius 2 is 2.07 bits per heavy atom. The lowest BCUT2D eigenvalue weighted by Crippen LogP contribution is -2.38. The average molecular weight is 436 g/mol. The SMILES string of the molecule is Cl.O=C(O)C1CCCN(CC=C2c3ccccc3CSc3ccc(Cl)cc32)C1. The second-order valence-electron chi connectivity index (χ2n) is 7.14. The summed E-state index contributed by atoms with van der Waals surface area (Å²) in [7, 11) is 0. The molecule has 2 heterocycles. The van der Waals surface area contributed by atoms with Crippen molar-refractivity contribution in [2.45, 2.75) is 23.5 Å². The van der Waals surface area contributed by atoms with Crippen molar-refractivity contribution in [2.75, 3.05) is 19.6 Å². The Bertz CT molecular complexity index is 900. The Morgan fingerprint density at radius 1 is 1.25 bits per heavy atom. The Hall–Kier alpha value is -1.46. The molecular formula is C22H23Cl2NO2S. The van der Waals surface area contributed by atoms with Crippen LogP contribution in [-0.2, 0) is 10.5 Å². The van der Waals surface area contributed by atoms with Crippen LogP contribution in [0.15, 0.2) is 53.4 Å². The smallest absolute Gasteiger partial charge is 0.307 e. The van der Waals surface area contributed by atoms with Crippen molar-refractivity contribution in [3.05, 3.63) is 70.3 Å². The van der Waals surface area contributed by atoms with Crippen LogP contribution in [-0.4, -0.2) is 35.6 Å². The first-order valence-electron chi connectivity index (χ1n) is 9.28. The molecule has 2 aromatic carbocycles. The van der Waals surface area contributed by atoms with Crippen LogP contribution in [0.5, 0.6) is 0 Å². The highest BCUT2D eigenvalue weighted by Crippen LogP contribution is 2.41. The number of aliphatic carboxylic acids is 1. The van der Waals surface area contributed by atoms with Crippen LogP contribution < -0.4 is 0 Å². The van der Waals surface area contributed by atoms with Crippen molar-refractivity contribution >= 4 is 47.3 Å². The normalized spacial score (nSPS) is 20.6. The highest BCUT2D eigenvalue weighted by atomic mass is 35.5. The molecular weight excluding hydrogens is 413 g/mol. The van der Waals surface area contributed by atoms with E-state index in [0.29, 0.717) is 6.54 Å². The average Bonchev–Trinajstić information content (AvgIpc) is 2.83. The molecule has 2 aliphatic rings. The molecule has 0 saturated carbocycles. The van der Waals surface area contributed by atoms with Gasteiger partial charge in [0, 0.05) is 28.8 Å². The molecule has 1 atom stereocenters. The first-order valence-corrected chi connectivity index (χ1v) is 10.6. The number of benzene rings is 2. The van der Waals surface area contributed by atoms with Gasteiger partial charge in [-0.25, -0.2) is 0 Å². The Balaban J connectivity index is 0.00000225. The number of nitrogens with zero attached hydrogens (tertiary/aromatic N) is 1. The highest BCUT2D eigenvalue weighted by molar-refractivity contribution is 7.98. The minimum atomic E-state index is -0.680. The summed E-state index contributed by atoms with van der Waals surface area (Å²) >= 11 is 8.15. The maximum atomic E-state index is 11.4. The van der Waals surface area contributed by atoms with E-state index in [-0.39, 0.29) is 18.3 Å². The molecule has 148 valence electrons. The predicted octanol–water partition coefficient (Wildman–Crippen LogP) is 5.60. The number of likely N-dealkylation sites (tertiary alicyclic amines) is 1. The number of fused-ring (bicyclic) bond motifs is 2. The lowest BCUT2D eigenvalue weighted by molar-refractivity contribution is -0.143. The monoisotopic (exact) mass is 435 g/mol. The molecule has 0 spiro atoms. The van der Waals surface area contributed by atoms with Crippen molar-refractivity contribution in [2.24, 2.45) is 5.92 Å². The van der Waals surface area contributed by atoms with Gasteiger partial charge in [-0.1, -0.05) is 41.9 Å². The highest BCUT2D eigenvalue weighted by Gasteiger charge is 2.25. The molecule has 0 bridgehead atoms. The third-order valence-corrected chi connectivity index (χ3v) is 6.69. The quantitative estimate of drug-likeness (QED) is 0.681. The van der Waals surface area contributed by atoms with Crippen molar-refractivity contribution in [3.8, 4) is 0 Å². The van der Waals surface area contributed by atoms with Crippen LogP contribution >= 0.6 is 35.8 Å². The Kier molecular flexibility index (Phi) is 7.10. The van der Waals surface area contributed by atoms with E-state index in [1.165, 1.54) is 27.2 Å². The summed E-state index contributed by atoms with van der Waals surface area (Å²) in [5.74, 6) is 0.00370. The number of carboxylic acid groups (broad SMARTS) is 1.